The van der Waals surface area contributed by atoms with Crippen molar-refractivity contribution >= 4 is 33.1 Å². The highest BCUT2D eigenvalue weighted by Gasteiger charge is 2.16. The van der Waals surface area contributed by atoms with Crippen molar-refractivity contribution in [1.82, 2.24) is 9.97 Å². The minimum Gasteiger partial charge on any atom is -0.452 e. The zero-order valence-corrected chi connectivity index (χ0v) is 12.5. The topological polar surface area (TPSA) is 41.8 Å². The van der Waals surface area contributed by atoms with Crippen LogP contribution in [-0.2, 0) is 0 Å². The molecule has 0 amide bonds. The second-order valence-electron chi connectivity index (χ2n) is 5.87. The summed E-state index contributed by atoms with van der Waals surface area (Å²) in [6, 6.07) is 10.5. The van der Waals surface area contributed by atoms with Crippen LogP contribution in [0, 0.1) is 6.92 Å². The fraction of sp³-hybridized carbons (Fsp3) is 0.278. The van der Waals surface area contributed by atoms with Gasteiger partial charge in [0, 0.05) is 11.1 Å². The lowest BCUT2D eigenvalue weighted by Gasteiger charge is -2.08. The number of aromatic amines is 1. The molecule has 21 heavy (non-hydrogen) atoms. The first-order valence-electron chi connectivity index (χ1n) is 7.49. The fourth-order valence-electron chi connectivity index (χ4n) is 2.87. The number of hydrogen-bond donors (Lipinski definition) is 1. The highest BCUT2D eigenvalue weighted by molar-refractivity contribution is 6.13. The molecule has 0 aliphatic carbocycles. The maximum absolute atomic E-state index is 6.02. The Labute approximate surface area is 123 Å². The molecule has 1 unspecified atom stereocenters. The van der Waals surface area contributed by atoms with Crippen LogP contribution in [0.25, 0.3) is 33.1 Å². The van der Waals surface area contributed by atoms with Crippen LogP contribution in [0.4, 0.5) is 0 Å². The predicted molar refractivity (Wildman–Crippen MR) is 86.8 cm³/mol. The molecule has 0 radical (unpaired) electrons. The van der Waals surface area contributed by atoms with E-state index in [2.05, 4.69) is 56.1 Å². The van der Waals surface area contributed by atoms with Crippen LogP contribution in [0.2, 0.25) is 0 Å². The van der Waals surface area contributed by atoms with Gasteiger partial charge in [-0.2, -0.15) is 0 Å². The molecule has 0 aliphatic rings. The summed E-state index contributed by atoms with van der Waals surface area (Å²) in [5.41, 5.74) is 7.17. The van der Waals surface area contributed by atoms with Crippen molar-refractivity contribution < 1.29 is 4.42 Å². The van der Waals surface area contributed by atoms with Gasteiger partial charge < -0.3 is 9.40 Å². The highest BCUT2D eigenvalue weighted by atomic mass is 16.3. The smallest absolute Gasteiger partial charge is 0.164 e. The van der Waals surface area contributed by atoms with Gasteiger partial charge in [-0.25, -0.2) is 4.98 Å². The van der Waals surface area contributed by atoms with Crippen LogP contribution in [-0.4, -0.2) is 9.97 Å². The van der Waals surface area contributed by atoms with Crippen LogP contribution in [0.3, 0.4) is 0 Å². The van der Waals surface area contributed by atoms with Crippen molar-refractivity contribution in [2.45, 2.75) is 33.1 Å². The third-order valence-electron chi connectivity index (χ3n) is 4.37. The molecule has 1 N–H and O–H groups in total. The Morgan fingerprint density at radius 1 is 1.24 bits per heavy atom. The predicted octanol–water partition coefficient (Wildman–Crippen LogP) is 5.28. The minimum atomic E-state index is 0.506. The average Bonchev–Trinajstić information content (AvgIpc) is 3.01. The van der Waals surface area contributed by atoms with E-state index in [9.17, 15) is 0 Å². The molecule has 3 heteroatoms. The Bertz CT molecular complexity index is 961. The number of aryl methyl sites for hydroxylation is 1. The van der Waals surface area contributed by atoms with Crippen molar-refractivity contribution in [1.29, 1.82) is 0 Å². The number of pyridine rings is 1. The lowest BCUT2D eigenvalue weighted by molar-refractivity contribution is 0.668. The third kappa shape index (κ3) is 1.77. The van der Waals surface area contributed by atoms with Crippen LogP contribution < -0.4 is 0 Å². The maximum Gasteiger partial charge on any atom is 0.164 e. The van der Waals surface area contributed by atoms with Crippen molar-refractivity contribution in [2.24, 2.45) is 0 Å². The van der Waals surface area contributed by atoms with Crippen molar-refractivity contribution in [3.8, 4) is 0 Å². The van der Waals surface area contributed by atoms with Gasteiger partial charge in [-0.15, -0.1) is 0 Å². The molecule has 4 rings (SSSR count). The Balaban J connectivity index is 2.06. The van der Waals surface area contributed by atoms with E-state index in [1.807, 2.05) is 0 Å². The summed E-state index contributed by atoms with van der Waals surface area (Å²) in [6.45, 7) is 6.51. The van der Waals surface area contributed by atoms with Crippen LogP contribution in [0.15, 0.2) is 34.7 Å². The number of H-pyrrole nitrogens is 1. The van der Waals surface area contributed by atoms with Gasteiger partial charge in [-0.05, 0) is 49.1 Å². The second-order valence-corrected chi connectivity index (χ2v) is 5.87. The molecule has 3 aromatic heterocycles. The fourth-order valence-corrected chi connectivity index (χ4v) is 2.87. The Morgan fingerprint density at radius 2 is 2.10 bits per heavy atom. The van der Waals surface area contributed by atoms with E-state index in [-0.39, 0.29) is 0 Å². The summed E-state index contributed by atoms with van der Waals surface area (Å²) in [5.74, 6) is 0.506. The summed E-state index contributed by atoms with van der Waals surface area (Å²) in [5, 5.41) is 1.09. The van der Waals surface area contributed by atoms with Crippen LogP contribution >= 0.6 is 0 Å². The zero-order chi connectivity index (χ0) is 14.6. The standard InChI is InChI=1S/C18H18N2O/c1-4-11(3)13-7-8-15-16(19-13)17-18(21-15)12-6-5-10(2)9-14(12)20-17/h5-9,11,19H,4H2,1-3H3. The lowest BCUT2D eigenvalue weighted by Crippen LogP contribution is -1.94. The first kappa shape index (κ1) is 12.5. The second kappa shape index (κ2) is 4.35. The van der Waals surface area contributed by atoms with Crippen LogP contribution in [0.5, 0.6) is 0 Å². The molecule has 4 aromatic rings. The minimum absolute atomic E-state index is 0.506. The summed E-state index contributed by atoms with van der Waals surface area (Å²) < 4.78 is 6.02. The molecule has 0 saturated heterocycles. The van der Waals surface area contributed by atoms with Crippen molar-refractivity contribution in [3.05, 3.63) is 41.6 Å². The molecule has 0 bridgehead atoms. The van der Waals surface area contributed by atoms with E-state index in [0.29, 0.717) is 5.92 Å². The number of rotatable bonds is 2. The van der Waals surface area contributed by atoms with Gasteiger partial charge in [0.05, 0.1) is 5.52 Å². The lowest BCUT2D eigenvalue weighted by atomic mass is 10.0. The van der Waals surface area contributed by atoms with Crippen LogP contribution in [0.1, 0.15) is 37.4 Å². The third-order valence-corrected chi connectivity index (χ3v) is 4.37. The number of nitrogens with zero attached hydrogens (tertiary/aromatic N) is 1. The molecule has 1 aromatic carbocycles. The van der Waals surface area contributed by atoms with Gasteiger partial charge in [0.25, 0.3) is 0 Å². The first-order valence-corrected chi connectivity index (χ1v) is 7.49. The summed E-state index contributed by atoms with van der Waals surface area (Å²) >= 11 is 0. The maximum atomic E-state index is 6.02. The molecule has 1 atom stereocenters. The average molecular weight is 278 g/mol. The molecular weight excluding hydrogens is 260 g/mol. The summed E-state index contributed by atoms with van der Waals surface area (Å²) in [6.07, 6.45) is 1.11. The number of furan rings is 1. The number of fused-ring (bicyclic) bond motifs is 5. The SMILES string of the molecule is CCC(C)c1ccc2oc3c4ccc(C)cc4nc3c2[nH]1. The normalized spacial score (nSPS) is 13.5. The van der Waals surface area contributed by atoms with Gasteiger partial charge in [0.2, 0.25) is 0 Å². The molecular formula is C18H18N2O. The Hall–Kier alpha value is -2.29. The number of hydrogen-bond acceptors (Lipinski definition) is 2. The van der Waals surface area contributed by atoms with E-state index >= 15 is 0 Å². The largest absolute Gasteiger partial charge is 0.452 e. The van der Waals surface area contributed by atoms with Gasteiger partial charge in [0.15, 0.2) is 11.2 Å². The van der Waals surface area contributed by atoms with E-state index in [1.54, 1.807) is 0 Å². The van der Waals surface area contributed by atoms with Gasteiger partial charge in [-0.3, -0.25) is 0 Å². The quantitative estimate of drug-likeness (QED) is 0.541. The van der Waals surface area contributed by atoms with Gasteiger partial charge in [-0.1, -0.05) is 19.9 Å². The number of benzene rings is 1. The number of nitrogens with one attached hydrogen (secondary N) is 1. The van der Waals surface area contributed by atoms with E-state index < -0.39 is 0 Å². The first-order chi connectivity index (χ1) is 10.2. The molecule has 0 fully saturated rings. The molecule has 0 aliphatic heterocycles. The molecule has 0 saturated carbocycles. The molecule has 3 heterocycles. The summed E-state index contributed by atoms with van der Waals surface area (Å²) in [4.78, 5) is 8.29. The summed E-state index contributed by atoms with van der Waals surface area (Å²) in [7, 11) is 0. The molecule has 0 spiro atoms. The Morgan fingerprint density at radius 3 is 2.90 bits per heavy atom. The monoisotopic (exact) mass is 278 g/mol. The van der Waals surface area contributed by atoms with E-state index in [1.165, 1.54) is 11.3 Å². The van der Waals surface area contributed by atoms with Gasteiger partial charge >= 0.3 is 0 Å². The van der Waals surface area contributed by atoms with Gasteiger partial charge in [0.1, 0.15) is 11.0 Å². The van der Waals surface area contributed by atoms with E-state index in [4.69, 9.17) is 9.40 Å². The highest BCUT2D eigenvalue weighted by Crippen LogP contribution is 2.34. The van der Waals surface area contributed by atoms with Crippen molar-refractivity contribution in [2.75, 3.05) is 0 Å². The molecule has 106 valence electrons. The van der Waals surface area contributed by atoms with Crippen molar-refractivity contribution in [3.63, 3.8) is 0 Å². The molecule has 3 nitrogen and oxygen atoms in total. The zero-order valence-electron chi connectivity index (χ0n) is 12.5. The number of aromatic nitrogens is 2. The Kier molecular flexibility index (Phi) is 2.58. The van der Waals surface area contributed by atoms with E-state index in [0.717, 1.165) is 39.5 Å².